The van der Waals surface area contributed by atoms with Gasteiger partial charge in [-0.3, -0.25) is 18.7 Å². The highest BCUT2D eigenvalue weighted by Crippen LogP contribution is 2.41. The lowest BCUT2D eigenvalue weighted by atomic mass is 9.79. The molecule has 2 fully saturated rings. The third-order valence-corrected chi connectivity index (χ3v) is 11.7. The van der Waals surface area contributed by atoms with E-state index in [2.05, 4.69) is 48.1 Å². The van der Waals surface area contributed by atoms with Crippen LogP contribution in [0.5, 0.6) is 0 Å². The van der Waals surface area contributed by atoms with Gasteiger partial charge < -0.3 is 20.0 Å². The van der Waals surface area contributed by atoms with Gasteiger partial charge in [0.1, 0.15) is 12.0 Å². The Morgan fingerprint density at radius 2 is 1.75 bits per heavy atom. The lowest BCUT2D eigenvalue weighted by Crippen LogP contribution is -2.55. The van der Waals surface area contributed by atoms with Gasteiger partial charge in [0.25, 0.3) is 11.8 Å². The zero-order valence-corrected chi connectivity index (χ0v) is 31.8. The minimum atomic E-state index is -4.68. The number of benzene rings is 3. The van der Waals surface area contributed by atoms with Crippen molar-refractivity contribution in [1.82, 2.24) is 34.2 Å². The van der Waals surface area contributed by atoms with E-state index in [0.29, 0.717) is 16.8 Å². The van der Waals surface area contributed by atoms with E-state index < -0.39 is 35.3 Å². The summed E-state index contributed by atoms with van der Waals surface area (Å²) >= 11 is 2.95. The van der Waals surface area contributed by atoms with Gasteiger partial charge in [-0.15, -0.1) is 0 Å². The number of nitrogens with one attached hydrogen (secondary N) is 1. The molecule has 0 bridgehead atoms. The van der Waals surface area contributed by atoms with E-state index in [4.69, 9.17) is 0 Å². The summed E-state index contributed by atoms with van der Waals surface area (Å²) in [6.07, 6.45) is -0.491. The Labute approximate surface area is 323 Å². The molecule has 8 rings (SSSR count). The standard InChI is InChI=1S/C40H38BrF3N8O3/c1-25-19-51-34(20-50(25)37(54)26-7-12-32(41)31(17-26)40(42,43)44)35(36(53)46-18-27-5-3-4-6-30(27)33-13-15-45-24-47-33)52(38(51)55)29-10-8-28(9-11-29)49-16-14-39(23-49)21-48(2)22-39/h3-13,15,17,24-25H,14,16,18-23H2,1-2H3,(H,46,53)/t25-/m1/s1. The van der Waals surface area contributed by atoms with E-state index in [-0.39, 0.29) is 41.1 Å². The van der Waals surface area contributed by atoms with Crippen LogP contribution in [0, 0.1) is 5.41 Å². The molecule has 0 saturated carbocycles. The van der Waals surface area contributed by atoms with Crippen LogP contribution in [0.3, 0.4) is 0 Å². The van der Waals surface area contributed by atoms with Crippen LogP contribution in [0.4, 0.5) is 18.9 Å². The highest BCUT2D eigenvalue weighted by Gasteiger charge is 2.46. The van der Waals surface area contributed by atoms with Gasteiger partial charge >= 0.3 is 11.9 Å². The van der Waals surface area contributed by atoms with Gasteiger partial charge in [0.2, 0.25) is 0 Å². The second-order valence-corrected chi connectivity index (χ2v) is 15.6. The second-order valence-electron chi connectivity index (χ2n) is 14.8. The molecule has 0 unspecified atom stereocenters. The van der Waals surface area contributed by atoms with Gasteiger partial charge in [-0.2, -0.15) is 13.2 Å². The van der Waals surface area contributed by atoms with Gasteiger partial charge in [0.15, 0.2) is 0 Å². The van der Waals surface area contributed by atoms with Crippen LogP contribution >= 0.6 is 15.9 Å². The number of rotatable bonds is 7. The fraction of sp³-hybridized carbons (Fsp3) is 0.325. The van der Waals surface area contributed by atoms with Crippen molar-refractivity contribution in [2.24, 2.45) is 5.41 Å². The quantitative estimate of drug-likeness (QED) is 0.215. The predicted molar refractivity (Wildman–Crippen MR) is 204 cm³/mol. The SMILES string of the molecule is C[C@@H]1Cn2c(c(C(=O)NCc3ccccc3-c3ccncn3)n(-c3ccc(N4CCC5(CN(C)C5)C4)cc3)c2=O)CN1C(=O)c1ccc(Br)c(C(F)(F)F)c1. The first-order valence-electron chi connectivity index (χ1n) is 18.0. The molecule has 0 radical (unpaired) electrons. The Balaban J connectivity index is 1.15. The second kappa shape index (κ2) is 14.1. The van der Waals surface area contributed by atoms with Crippen LogP contribution < -0.4 is 15.9 Å². The third kappa shape index (κ3) is 6.84. The molecular formula is C40H38BrF3N8O3. The number of aromatic nitrogens is 4. The molecule has 11 nitrogen and oxygen atoms in total. The van der Waals surface area contributed by atoms with Crippen molar-refractivity contribution in [3.05, 3.63) is 128 Å². The molecular weight excluding hydrogens is 777 g/mol. The predicted octanol–water partition coefficient (Wildman–Crippen LogP) is 5.99. The maximum absolute atomic E-state index is 14.4. The monoisotopic (exact) mass is 814 g/mol. The molecule has 55 heavy (non-hydrogen) atoms. The van der Waals surface area contributed by atoms with Crippen LogP contribution in [0.2, 0.25) is 0 Å². The van der Waals surface area contributed by atoms with E-state index in [9.17, 15) is 27.6 Å². The summed E-state index contributed by atoms with van der Waals surface area (Å²) in [6, 6.07) is 19.6. The molecule has 2 amide bonds. The number of imidazole rings is 1. The van der Waals surface area contributed by atoms with E-state index in [1.807, 2.05) is 48.5 Å². The van der Waals surface area contributed by atoms with Gasteiger partial charge in [-0.25, -0.2) is 14.8 Å². The molecule has 5 aromatic rings. The molecule has 5 heterocycles. The number of fused-ring (bicyclic) bond motifs is 1. The van der Waals surface area contributed by atoms with Crippen molar-refractivity contribution in [1.29, 1.82) is 0 Å². The van der Waals surface area contributed by atoms with Crippen molar-refractivity contribution in [3.63, 3.8) is 0 Å². The van der Waals surface area contributed by atoms with Crippen LogP contribution in [0.25, 0.3) is 16.9 Å². The molecule has 3 aromatic carbocycles. The summed E-state index contributed by atoms with van der Waals surface area (Å²) in [5.74, 6) is -1.19. The highest BCUT2D eigenvalue weighted by molar-refractivity contribution is 9.10. The van der Waals surface area contributed by atoms with Crippen LogP contribution in [0.1, 0.15) is 51.0 Å². The van der Waals surface area contributed by atoms with E-state index in [1.54, 1.807) is 19.2 Å². The lowest BCUT2D eigenvalue weighted by Gasteiger charge is -2.46. The molecule has 2 saturated heterocycles. The van der Waals surface area contributed by atoms with Crippen molar-refractivity contribution >= 4 is 33.4 Å². The lowest BCUT2D eigenvalue weighted by molar-refractivity contribution is -0.138. The zero-order valence-electron chi connectivity index (χ0n) is 30.2. The summed E-state index contributed by atoms with van der Waals surface area (Å²) in [6.45, 7) is 5.71. The number of halogens is 4. The number of likely N-dealkylation sites (tertiary alicyclic amines) is 1. The maximum atomic E-state index is 14.4. The molecule has 284 valence electrons. The molecule has 15 heteroatoms. The van der Waals surface area contributed by atoms with Crippen LogP contribution in [-0.2, 0) is 25.8 Å². The number of amides is 2. The Morgan fingerprint density at radius 3 is 2.45 bits per heavy atom. The summed E-state index contributed by atoms with van der Waals surface area (Å²) < 4.78 is 44.1. The van der Waals surface area contributed by atoms with Crippen LogP contribution in [-0.4, -0.2) is 80.0 Å². The Bertz CT molecular complexity index is 2340. The molecule has 1 N–H and O–H groups in total. The highest BCUT2D eigenvalue weighted by atomic mass is 79.9. The van der Waals surface area contributed by atoms with Crippen molar-refractivity contribution in [3.8, 4) is 16.9 Å². The first kappa shape index (κ1) is 36.7. The normalized spacial score (nSPS) is 18.0. The van der Waals surface area contributed by atoms with Gasteiger partial charge in [0.05, 0.1) is 29.2 Å². The Kier molecular flexibility index (Phi) is 9.40. The summed E-state index contributed by atoms with van der Waals surface area (Å²) in [4.78, 5) is 57.1. The fourth-order valence-electron chi connectivity index (χ4n) is 8.36. The van der Waals surface area contributed by atoms with Crippen molar-refractivity contribution in [2.45, 2.75) is 45.2 Å². The minimum Gasteiger partial charge on any atom is -0.371 e. The molecule has 3 aliphatic rings. The summed E-state index contributed by atoms with van der Waals surface area (Å²) in [7, 11) is 2.13. The minimum absolute atomic E-state index is 0.0365. The average molecular weight is 816 g/mol. The van der Waals surface area contributed by atoms with Gasteiger partial charge in [-0.05, 0) is 74.5 Å². The van der Waals surface area contributed by atoms with E-state index >= 15 is 0 Å². The maximum Gasteiger partial charge on any atom is 0.417 e. The molecule has 1 atom stereocenters. The topological polar surface area (TPSA) is 109 Å². The molecule has 0 aliphatic carbocycles. The van der Waals surface area contributed by atoms with E-state index in [0.717, 1.165) is 55.5 Å². The number of carbonyl (C=O) groups is 2. The zero-order chi connectivity index (χ0) is 38.6. The number of alkyl halides is 3. The first-order valence-corrected chi connectivity index (χ1v) is 18.8. The number of hydrogen-bond acceptors (Lipinski definition) is 7. The number of carbonyl (C=O) groups excluding carboxylic acids is 2. The first-order chi connectivity index (χ1) is 26.3. The van der Waals surface area contributed by atoms with Gasteiger partial charge in [-0.1, -0.05) is 40.2 Å². The van der Waals surface area contributed by atoms with Gasteiger partial charge in [0, 0.05) is 78.2 Å². The molecule has 1 spiro atoms. The molecule has 2 aromatic heterocycles. The summed E-state index contributed by atoms with van der Waals surface area (Å²) in [5, 5.41) is 3.00. The number of hydrogen-bond donors (Lipinski definition) is 1. The van der Waals surface area contributed by atoms with Crippen LogP contribution in [0.15, 0.2) is 94.6 Å². The Hall–Kier alpha value is -5.28. The Morgan fingerprint density at radius 1 is 1.00 bits per heavy atom. The number of anilines is 1. The van der Waals surface area contributed by atoms with Crippen molar-refractivity contribution < 1.29 is 22.8 Å². The largest absolute Gasteiger partial charge is 0.417 e. The average Bonchev–Trinajstić information content (AvgIpc) is 3.72. The smallest absolute Gasteiger partial charge is 0.371 e. The molecule has 3 aliphatic heterocycles. The van der Waals surface area contributed by atoms with E-state index in [1.165, 1.54) is 32.5 Å². The fourth-order valence-corrected chi connectivity index (χ4v) is 8.83. The summed E-state index contributed by atoms with van der Waals surface area (Å²) in [5.41, 5.74) is 2.81. The van der Waals surface area contributed by atoms with Crippen molar-refractivity contribution in [2.75, 3.05) is 38.1 Å². The third-order valence-electron chi connectivity index (χ3n) is 11.0. The number of nitrogens with zero attached hydrogens (tertiary/aromatic N) is 7.